The van der Waals surface area contributed by atoms with Crippen LogP contribution in [0, 0.1) is 0 Å². The van der Waals surface area contributed by atoms with E-state index in [1.807, 2.05) is 6.92 Å². The Bertz CT molecular complexity index is 288. The van der Waals surface area contributed by atoms with Crippen LogP contribution in [0.3, 0.4) is 0 Å². The van der Waals surface area contributed by atoms with Gasteiger partial charge in [-0.1, -0.05) is 12.1 Å². The summed E-state index contributed by atoms with van der Waals surface area (Å²) in [5.74, 6) is 0. The molecule has 0 spiro atoms. The molecule has 0 amide bonds. The van der Waals surface area contributed by atoms with Gasteiger partial charge in [-0.3, -0.25) is 4.68 Å². The molecule has 3 N–H and O–H groups in total. The minimum absolute atomic E-state index is 0.0920. The lowest BCUT2D eigenvalue weighted by molar-refractivity contribution is 0.0858. The van der Waals surface area contributed by atoms with E-state index in [0.717, 1.165) is 5.69 Å². The molecule has 6 heteroatoms. The van der Waals surface area contributed by atoms with Crippen molar-refractivity contribution in [3.63, 3.8) is 0 Å². The van der Waals surface area contributed by atoms with Crippen LogP contribution >= 0.6 is 0 Å². The molecule has 0 bridgehead atoms. The van der Waals surface area contributed by atoms with Crippen molar-refractivity contribution in [3.05, 3.63) is 11.9 Å². The number of nitrogens with zero attached hydrogens (tertiary/aromatic N) is 3. The Morgan fingerprint density at radius 1 is 1.47 bits per heavy atom. The maximum atomic E-state index is 9.21. The Balaban J connectivity index is 2.58. The van der Waals surface area contributed by atoms with Crippen molar-refractivity contribution in [2.75, 3.05) is 13.2 Å². The molecule has 1 aromatic rings. The van der Waals surface area contributed by atoms with E-state index in [0.29, 0.717) is 13.0 Å². The molecule has 0 aromatic carbocycles. The third-order valence-corrected chi connectivity index (χ3v) is 2.73. The number of aliphatic hydroxyl groups is 2. The molecule has 15 heavy (non-hydrogen) atoms. The highest BCUT2D eigenvalue weighted by Crippen LogP contribution is 2.09. The van der Waals surface area contributed by atoms with Crippen LogP contribution in [0.1, 0.15) is 19.0 Å². The fourth-order valence-electron chi connectivity index (χ4n) is 1.26. The predicted molar refractivity (Wildman–Crippen MR) is 55.0 cm³/mol. The summed E-state index contributed by atoms with van der Waals surface area (Å²) in [5.41, 5.74) is 0.291. The summed E-state index contributed by atoms with van der Waals surface area (Å²) in [5, 5.41) is 29.1. The number of nitrogens with one attached hydrogen (secondary N) is 1. The first-order valence-electron chi connectivity index (χ1n) is 4.98. The monoisotopic (exact) mass is 214 g/mol. The third kappa shape index (κ3) is 2.74. The van der Waals surface area contributed by atoms with Crippen LogP contribution in [0.2, 0.25) is 0 Å². The molecule has 0 saturated carbocycles. The van der Waals surface area contributed by atoms with E-state index in [4.69, 9.17) is 0 Å². The van der Waals surface area contributed by atoms with E-state index in [2.05, 4.69) is 15.6 Å². The lowest BCUT2D eigenvalue weighted by atomic mass is 9.98. The second kappa shape index (κ2) is 5.20. The molecule has 1 heterocycles. The fourth-order valence-corrected chi connectivity index (χ4v) is 1.26. The molecular weight excluding hydrogens is 196 g/mol. The van der Waals surface area contributed by atoms with E-state index in [1.165, 1.54) is 0 Å². The minimum Gasteiger partial charge on any atom is -0.394 e. The summed E-state index contributed by atoms with van der Waals surface area (Å²) in [4.78, 5) is 0. The zero-order valence-corrected chi connectivity index (χ0v) is 9.14. The summed E-state index contributed by atoms with van der Waals surface area (Å²) in [6.07, 6.45) is 2.31. The van der Waals surface area contributed by atoms with E-state index >= 15 is 0 Å². The van der Waals surface area contributed by atoms with Gasteiger partial charge in [-0.25, -0.2) is 0 Å². The predicted octanol–water partition coefficient (Wildman–Crippen LogP) is -0.962. The Morgan fingerprint density at radius 3 is 2.53 bits per heavy atom. The quantitative estimate of drug-likeness (QED) is 0.568. The van der Waals surface area contributed by atoms with Gasteiger partial charge in [-0.2, -0.15) is 0 Å². The highest BCUT2D eigenvalue weighted by Gasteiger charge is 2.25. The highest BCUT2D eigenvalue weighted by atomic mass is 16.3. The van der Waals surface area contributed by atoms with Gasteiger partial charge in [-0.15, -0.1) is 5.10 Å². The van der Waals surface area contributed by atoms with Crippen LogP contribution in [0.25, 0.3) is 0 Å². The van der Waals surface area contributed by atoms with Crippen molar-refractivity contribution in [2.45, 2.75) is 25.4 Å². The summed E-state index contributed by atoms with van der Waals surface area (Å²) in [6.45, 7) is 2.26. The summed E-state index contributed by atoms with van der Waals surface area (Å²) >= 11 is 0. The van der Waals surface area contributed by atoms with E-state index in [9.17, 15) is 10.2 Å². The SMILES string of the molecule is CCC(CO)(CO)NCc1cnnn1C. The molecule has 0 aliphatic heterocycles. The normalized spacial score (nSPS) is 12.0. The molecule has 0 aliphatic rings. The van der Waals surface area contributed by atoms with Crippen molar-refractivity contribution in [3.8, 4) is 0 Å². The number of rotatable bonds is 6. The molecule has 86 valence electrons. The third-order valence-electron chi connectivity index (χ3n) is 2.73. The first-order valence-corrected chi connectivity index (χ1v) is 4.98. The molecule has 0 aliphatic carbocycles. The topological polar surface area (TPSA) is 83.2 Å². The van der Waals surface area contributed by atoms with Crippen LogP contribution in [0.4, 0.5) is 0 Å². The van der Waals surface area contributed by atoms with Gasteiger partial charge in [0.05, 0.1) is 30.6 Å². The Kier molecular flexibility index (Phi) is 4.19. The van der Waals surface area contributed by atoms with E-state index in [-0.39, 0.29) is 13.2 Å². The fraction of sp³-hybridized carbons (Fsp3) is 0.778. The standard InChI is InChI=1S/C9H18N4O2/c1-3-9(6-14,7-15)10-4-8-5-11-12-13(8)2/h5,10,14-15H,3-4,6-7H2,1-2H3. The number of aliphatic hydroxyl groups excluding tert-OH is 2. The maximum Gasteiger partial charge on any atom is 0.0738 e. The number of aryl methyl sites for hydroxylation is 1. The largest absolute Gasteiger partial charge is 0.394 e. The molecule has 6 nitrogen and oxygen atoms in total. The molecule has 0 unspecified atom stereocenters. The van der Waals surface area contributed by atoms with E-state index in [1.54, 1.807) is 17.9 Å². The number of aromatic nitrogens is 3. The van der Waals surface area contributed by atoms with E-state index < -0.39 is 5.54 Å². The van der Waals surface area contributed by atoms with Gasteiger partial charge in [0.1, 0.15) is 0 Å². The highest BCUT2D eigenvalue weighted by molar-refractivity contribution is 4.96. The first-order chi connectivity index (χ1) is 7.17. The number of hydrogen-bond acceptors (Lipinski definition) is 5. The first kappa shape index (κ1) is 12.1. The molecule has 1 aromatic heterocycles. The molecule has 0 fully saturated rings. The zero-order valence-electron chi connectivity index (χ0n) is 9.14. The molecule has 1 rings (SSSR count). The van der Waals surface area contributed by atoms with Crippen molar-refractivity contribution in [1.29, 1.82) is 0 Å². The van der Waals surface area contributed by atoms with Crippen LogP contribution in [-0.4, -0.2) is 44.0 Å². The Hall–Kier alpha value is -0.980. The van der Waals surface area contributed by atoms with Gasteiger partial charge in [-0.05, 0) is 6.42 Å². The second-order valence-electron chi connectivity index (χ2n) is 3.65. The molecule has 0 radical (unpaired) electrons. The van der Waals surface area contributed by atoms with Gasteiger partial charge in [0.15, 0.2) is 0 Å². The second-order valence-corrected chi connectivity index (χ2v) is 3.65. The molecule has 0 saturated heterocycles. The average molecular weight is 214 g/mol. The minimum atomic E-state index is -0.621. The van der Waals surface area contributed by atoms with Gasteiger partial charge in [0.25, 0.3) is 0 Å². The summed E-state index contributed by atoms with van der Waals surface area (Å²) < 4.78 is 1.65. The van der Waals surface area contributed by atoms with Gasteiger partial charge >= 0.3 is 0 Å². The van der Waals surface area contributed by atoms with Crippen LogP contribution in [0.15, 0.2) is 6.20 Å². The summed E-state index contributed by atoms with van der Waals surface area (Å²) in [6, 6.07) is 0. The zero-order chi connectivity index (χ0) is 11.3. The van der Waals surface area contributed by atoms with Crippen molar-refractivity contribution in [2.24, 2.45) is 7.05 Å². The van der Waals surface area contributed by atoms with Crippen molar-refractivity contribution in [1.82, 2.24) is 20.3 Å². The maximum absolute atomic E-state index is 9.21. The van der Waals surface area contributed by atoms with Gasteiger partial charge in [0.2, 0.25) is 0 Å². The van der Waals surface area contributed by atoms with Crippen LogP contribution < -0.4 is 5.32 Å². The van der Waals surface area contributed by atoms with Crippen LogP contribution in [0.5, 0.6) is 0 Å². The summed E-state index contributed by atoms with van der Waals surface area (Å²) in [7, 11) is 1.80. The van der Waals surface area contributed by atoms with Crippen molar-refractivity contribution < 1.29 is 10.2 Å². The molecule has 0 atom stereocenters. The number of hydrogen-bond donors (Lipinski definition) is 3. The molecular formula is C9H18N4O2. The van der Waals surface area contributed by atoms with Crippen molar-refractivity contribution >= 4 is 0 Å². The Morgan fingerprint density at radius 2 is 2.13 bits per heavy atom. The van der Waals surface area contributed by atoms with Gasteiger partial charge < -0.3 is 15.5 Å². The van der Waals surface area contributed by atoms with Gasteiger partial charge in [0, 0.05) is 13.6 Å². The lowest BCUT2D eigenvalue weighted by Crippen LogP contribution is -2.50. The average Bonchev–Trinajstić information content (AvgIpc) is 2.67. The Labute approximate surface area is 88.9 Å². The smallest absolute Gasteiger partial charge is 0.0738 e. The lowest BCUT2D eigenvalue weighted by Gasteiger charge is -2.29. The van der Waals surface area contributed by atoms with Crippen LogP contribution in [-0.2, 0) is 13.6 Å².